The second-order valence-corrected chi connectivity index (χ2v) is 7.10. The van der Waals surface area contributed by atoms with Gasteiger partial charge in [0.05, 0.1) is 30.0 Å². The van der Waals surface area contributed by atoms with Gasteiger partial charge < -0.3 is 9.64 Å². The smallest absolute Gasteiger partial charge is 0.333 e. The van der Waals surface area contributed by atoms with E-state index in [1.807, 2.05) is 13.8 Å². The number of tetrazole rings is 1. The molecule has 0 radical (unpaired) electrons. The summed E-state index contributed by atoms with van der Waals surface area (Å²) in [6.45, 7) is 4.60. The second-order valence-electron chi connectivity index (χ2n) is 5.04. The molecule has 126 valence electrons. The van der Waals surface area contributed by atoms with Crippen molar-refractivity contribution in [2.24, 2.45) is 0 Å². The number of carbonyl (C=O) groups excluding carboxylic acids is 2. The van der Waals surface area contributed by atoms with E-state index in [1.165, 1.54) is 24.9 Å². The van der Waals surface area contributed by atoms with Crippen molar-refractivity contribution in [2.75, 3.05) is 25.2 Å². The maximum atomic E-state index is 11.9. The van der Waals surface area contributed by atoms with Crippen LogP contribution in [0.15, 0.2) is 16.3 Å². The van der Waals surface area contributed by atoms with E-state index in [4.69, 9.17) is 0 Å². The fraction of sp³-hybridized carbons (Fsp3) is 0.615. The summed E-state index contributed by atoms with van der Waals surface area (Å²) in [6.07, 6.45) is 2.14. The van der Waals surface area contributed by atoms with E-state index in [2.05, 4.69) is 20.3 Å². The summed E-state index contributed by atoms with van der Waals surface area (Å²) < 4.78 is 6.38. The van der Waals surface area contributed by atoms with Crippen LogP contribution in [0.4, 0.5) is 0 Å². The van der Waals surface area contributed by atoms with Gasteiger partial charge in [0.1, 0.15) is 0 Å². The summed E-state index contributed by atoms with van der Waals surface area (Å²) in [5.74, 6) is 0.717. The van der Waals surface area contributed by atoms with Gasteiger partial charge in [-0.15, -0.1) is 5.10 Å². The lowest BCUT2D eigenvalue weighted by molar-refractivity contribution is -0.134. The Hall–Kier alpha value is -1.55. The number of esters is 1. The van der Waals surface area contributed by atoms with Gasteiger partial charge >= 0.3 is 5.97 Å². The number of amides is 1. The Labute approximate surface area is 143 Å². The van der Waals surface area contributed by atoms with Gasteiger partial charge in [0.25, 0.3) is 0 Å². The van der Waals surface area contributed by atoms with E-state index in [-0.39, 0.29) is 11.9 Å². The van der Waals surface area contributed by atoms with Crippen LogP contribution in [0.5, 0.6) is 0 Å². The van der Waals surface area contributed by atoms with Crippen LogP contribution in [0, 0.1) is 0 Å². The summed E-state index contributed by atoms with van der Waals surface area (Å²) in [7, 11) is 1.32. The fourth-order valence-electron chi connectivity index (χ4n) is 1.92. The Morgan fingerprint density at radius 2 is 2.30 bits per heavy atom. The molecular weight excluding hydrogens is 338 g/mol. The summed E-state index contributed by atoms with van der Waals surface area (Å²) in [5, 5.41) is 13.0. The minimum atomic E-state index is -0.447. The van der Waals surface area contributed by atoms with Crippen LogP contribution in [-0.4, -0.2) is 62.1 Å². The molecule has 0 saturated carbocycles. The Morgan fingerprint density at radius 1 is 1.52 bits per heavy atom. The molecule has 2 rings (SSSR count). The molecule has 2 heterocycles. The lowest BCUT2D eigenvalue weighted by Crippen LogP contribution is -2.26. The first kappa shape index (κ1) is 17.8. The van der Waals surface area contributed by atoms with Gasteiger partial charge in [-0.25, -0.2) is 9.48 Å². The minimum absolute atomic E-state index is 0.0159. The number of carbonyl (C=O) groups is 2. The first-order valence-electron chi connectivity index (χ1n) is 7.16. The highest BCUT2D eigenvalue weighted by molar-refractivity contribution is 8.04. The molecule has 0 aromatic carbocycles. The van der Waals surface area contributed by atoms with Crippen LogP contribution in [-0.2, 0) is 14.3 Å². The van der Waals surface area contributed by atoms with E-state index in [0.717, 1.165) is 17.3 Å². The van der Waals surface area contributed by atoms with E-state index >= 15 is 0 Å². The highest BCUT2D eigenvalue weighted by Crippen LogP contribution is 2.29. The third-order valence-corrected chi connectivity index (χ3v) is 5.11. The van der Waals surface area contributed by atoms with E-state index < -0.39 is 5.97 Å². The SMILES string of the molecule is COC(=O)/C=C1/SCC(=O)N1CCCSc1nnnn1C(C)C. The molecule has 1 aromatic rings. The predicted octanol–water partition coefficient (Wildman–Crippen LogP) is 1.33. The number of aromatic nitrogens is 4. The van der Waals surface area contributed by atoms with Crippen LogP contribution in [0.2, 0.25) is 0 Å². The Bertz CT molecular complexity index is 602. The average Bonchev–Trinajstić information content (AvgIpc) is 3.12. The van der Waals surface area contributed by atoms with E-state index in [0.29, 0.717) is 17.3 Å². The molecule has 0 bridgehead atoms. The monoisotopic (exact) mass is 357 g/mol. The lowest BCUT2D eigenvalue weighted by Gasteiger charge is -2.16. The number of thioether (sulfide) groups is 2. The van der Waals surface area contributed by atoms with Gasteiger partial charge in [0.15, 0.2) is 0 Å². The molecule has 1 saturated heterocycles. The highest BCUT2D eigenvalue weighted by Gasteiger charge is 2.26. The van der Waals surface area contributed by atoms with Crippen molar-refractivity contribution in [3.63, 3.8) is 0 Å². The fourth-order valence-corrected chi connectivity index (χ4v) is 3.80. The number of ether oxygens (including phenoxy) is 1. The van der Waals surface area contributed by atoms with Crippen LogP contribution in [0.3, 0.4) is 0 Å². The van der Waals surface area contributed by atoms with Crippen LogP contribution < -0.4 is 0 Å². The van der Waals surface area contributed by atoms with Crippen molar-refractivity contribution in [1.29, 1.82) is 0 Å². The normalized spacial score (nSPS) is 16.6. The minimum Gasteiger partial charge on any atom is -0.466 e. The molecule has 0 N–H and O–H groups in total. The van der Waals surface area contributed by atoms with Crippen molar-refractivity contribution in [3.8, 4) is 0 Å². The zero-order valence-electron chi connectivity index (χ0n) is 13.3. The zero-order valence-corrected chi connectivity index (χ0v) is 14.9. The average molecular weight is 357 g/mol. The summed E-state index contributed by atoms with van der Waals surface area (Å²) in [5.41, 5.74) is 0. The maximum Gasteiger partial charge on any atom is 0.333 e. The van der Waals surface area contributed by atoms with Crippen LogP contribution in [0.25, 0.3) is 0 Å². The first-order chi connectivity index (χ1) is 11.0. The van der Waals surface area contributed by atoms with Crippen LogP contribution in [0.1, 0.15) is 26.3 Å². The second kappa shape index (κ2) is 8.34. The van der Waals surface area contributed by atoms with E-state index in [9.17, 15) is 9.59 Å². The molecule has 1 aliphatic heterocycles. The molecule has 0 unspecified atom stereocenters. The topological polar surface area (TPSA) is 90.2 Å². The quantitative estimate of drug-likeness (QED) is 0.312. The van der Waals surface area contributed by atoms with Gasteiger partial charge in [-0.1, -0.05) is 23.5 Å². The zero-order chi connectivity index (χ0) is 16.8. The van der Waals surface area contributed by atoms with Crippen molar-refractivity contribution in [2.45, 2.75) is 31.5 Å². The Kier molecular flexibility index (Phi) is 6.46. The third-order valence-electron chi connectivity index (χ3n) is 3.06. The lowest BCUT2D eigenvalue weighted by atomic mass is 10.4. The molecule has 10 heteroatoms. The summed E-state index contributed by atoms with van der Waals surface area (Å²) in [4.78, 5) is 24.8. The van der Waals surface area contributed by atoms with Gasteiger partial charge in [-0.05, 0) is 30.7 Å². The third kappa shape index (κ3) is 4.71. The van der Waals surface area contributed by atoms with Crippen LogP contribution >= 0.6 is 23.5 Å². The molecule has 1 aromatic heterocycles. The molecule has 8 nitrogen and oxygen atoms in total. The largest absolute Gasteiger partial charge is 0.466 e. The van der Waals surface area contributed by atoms with Gasteiger partial charge in [-0.2, -0.15) is 0 Å². The number of nitrogens with zero attached hydrogens (tertiary/aromatic N) is 5. The van der Waals surface area contributed by atoms with Crippen molar-refractivity contribution < 1.29 is 14.3 Å². The molecule has 23 heavy (non-hydrogen) atoms. The first-order valence-corrected chi connectivity index (χ1v) is 9.13. The number of hydrogen-bond donors (Lipinski definition) is 0. The maximum absolute atomic E-state index is 11.9. The number of hydrogen-bond acceptors (Lipinski definition) is 8. The predicted molar refractivity (Wildman–Crippen MR) is 87.8 cm³/mol. The Morgan fingerprint density at radius 3 is 3.00 bits per heavy atom. The van der Waals surface area contributed by atoms with Gasteiger partial charge in [0.2, 0.25) is 11.1 Å². The van der Waals surface area contributed by atoms with Gasteiger partial charge in [-0.3, -0.25) is 4.79 Å². The number of methoxy groups -OCH3 is 1. The highest BCUT2D eigenvalue weighted by atomic mass is 32.2. The molecule has 1 fully saturated rings. The number of rotatable bonds is 7. The van der Waals surface area contributed by atoms with Crippen molar-refractivity contribution in [3.05, 3.63) is 11.1 Å². The molecule has 1 aliphatic rings. The molecule has 0 atom stereocenters. The summed E-state index contributed by atoms with van der Waals surface area (Å²) >= 11 is 2.92. The van der Waals surface area contributed by atoms with Crippen molar-refractivity contribution in [1.82, 2.24) is 25.1 Å². The van der Waals surface area contributed by atoms with Gasteiger partial charge in [0, 0.05) is 12.3 Å². The molecule has 0 spiro atoms. The molecule has 1 amide bonds. The standard InChI is InChI=1S/C13H19N5O3S2/c1-9(2)18-13(14-15-16-18)22-6-4-5-17-10(19)8-23-11(17)7-12(20)21-3/h7,9H,4-6,8H2,1-3H3/b11-7+. The summed E-state index contributed by atoms with van der Waals surface area (Å²) in [6, 6.07) is 0.207. The Balaban J connectivity index is 1.85. The molecular formula is C13H19N5O3S2. The molecule has 0 aliphatic carbocycles. The van der Waals surface area contributed by atoms with E-state index in [1.54, 1.807) is 21.3 Å². The van der Waals surface area contributed by atoms with Crippen molar-refractivity contribution >= 4 is 35.4 Å².